The number of hydrogen-bond donors (Lipinski definition) is 0. The van der Waals surface area contributed by atoms with E-state index in [0.29, 0.717) is 10.6 Å². The Labute approximate surface area is 99.1 Å². The second kappa shape index (κ2) is 5.68. The van der Waals surface area contributed by atoms with Gasteiger partial charge in [0.2, 0.25) is 10.9 Å². The fourth-order valence-electron chi connectivity index (χ4n) is 0.725. The zero-order valence-electron chi connectivity index (χ0n) is 7.20. The molecule has 0 aliphatic heterocycles. The van der Waals surface area contributed by atoms with Crippen LogP contribution in [0.2, 0.25) is 0 Å². The molecule has 0 saturated heterocycles. The maximum atomic E-state index is 8.79. The van der Waals surface area contributed by atoms with E-state index in [1.165, 1.54) is 7.11 Å². The van der Waals surface area contributed by atoms with Gasteiger partial charge >= 0.3 is 0 Å². The Morgan fingerprint density at radius 3 is 3.00 bits per heavy atom. The molecule has 0 radical (unpaired) electrons. The van der Waals surface area contributed by atoms with E-state index in [-0.39, 0.29) is 12.5 Å². The van der Waals surface area contributed by atoms with Crippen molar-refractivity contribution in [2.75, 3.05) is 13.7 Å². The molecule has 14 heavy (non-hydrogen) atoms. The first-order valence-electron chi connectivity index (χ1n) is 3.48. The zero-order valence-corrected chi connectivity index (χ0v) is 10.2. The first-order valence-corrected chi connectivity index (χ1v) is 5.33. The highest BCUT2D eigenvalue weighted by molar-refractivity contribution is 14.1. The molecule has 6 heteroatoms. The summed E-state index contributed by atoms with van der Waals surface area (Å²) < 4.78 is 16.7. The summed E-state index contributed by atoms with van der Waals surface area (Å²) in [5, 5.41) is 9.26. The summed E-state index contributed by atoms with van der Waals surface area (Å²) in [6.45, 7) is 0.227. The highest BCUT2D eigenvalue weighted by atomic mass is 127. The standard InChI is InChI=1S/C8H5IN2O2S/c1-12-8-6(5-10)7(11-14-8)13-4-2-3-9/h4H2,1H3. The fraction of sp³-hybridized carbons (Fsp3) is 0.250. The van der Waals surface area contributed by atoms with Crippen LogP contribution in [0.15, 0.2) is 0 Å². The van der Waals surface area contributed by atoms with Crippen LogP contribution in [0.4, 0.5) is 0 Å². The van der Waals surface area contributed by atoms with Crippen molar-refractivity contribution < 1.29 is 9.47 Å². The molecule has 4 nitrogen and oxygen atoms in total. The molecule has 1 heterocycles. The molecule has 0 saturated carbocycles. The van der Waals surface area contributed by atoms with Crippen LogP contribution in [0.1, 0.15) is 5.56 Å². The van der Waals surface area contributed by atoms with Crippen molar-refractivity contribution >= 4 is 34.1 Å². The largest absolute Gasteiger partial charge is 0.485 e. The van der Waals surface area contributed by atoms with Crippen LogP contribution in [0.3, 0.4) is 0 Å². The number of halogens is 1. The van der Waals surface area contributed by atoms with Crippen molar-refractivity contribution in [2.24, 2.45) is 0 Å². The third-order valence-electron chi connectivity index (χ3n) is 1.27. The van der Waals surface area contributed by atoms with Gasteiger partial charge in [0.05, 0.1) is 7.11 Å². The van der Waals surface area contributed by atoms with Crippen LogP contribution in [0, 0.1) is 21.2 Å². The van der Waals surface area contributed by atoms with Crippen molar-refractivity contribution in [3.8, 4) is 26.9 Å². The van der Waals surface area contributed by atoms with Gasteiger partial charge in [0, 0.05) is 34.1 Å². The average Bonchev–Trinajstić information content (AvgIpc) is 2.60. The van der Waals surface area contributed by atoms with Gasteiger partial charge in [-0.15, -0.1) is 0 Å². The first kappa shape index (κ1) is 11.1. The van der Waals surface area contributed by atoms with Gasteiger partial charge in [-0.2, -0.15) is 9.64 Å². The van der Waals surface area contributed by atoms with Crippen molar-refractivity contribution in [3.05, 3.63) is 5.56 Å². The molecule has 1 rings (SSSR count). The summed E-state index contributed by atoms with van der Waals surface area (Å²) in [4.78, 5) is 0. The normalized spacial score (nSPS) is 8.36. The van der Waals surface area contributed by atoms with E-state index >= 15 is 0 Å². The van der Waals surface area contributed by atoms with Crippen LogP contribution in [0.25, 0.3) is 0 Å². The van der Waals surface area contributed by atoms with Gasteiger partial charge < -0.3 is 9.47 Å². The summed E-state index contributed by atoms with van der Waals surface area (Å²) >= 11 is 3.00. The lowest BCUT2D eigenvalue weighted by molar-refractivity contribution is 0.355. The lowest BCUT2D eigenvalue weighted by Gasteiger charge is -1.96. The third kappa shape index (κ3) is 2.50. The summed E-state index contributed by atoms with van der Waals surface area (Å²) in [6, 6.07) is 1.97. The monoisotopic (exact) mass is 320 g/mol. The SMILES string of the molecule is COc1snc(OCC#CI)c1C#N. The molecule has 0 aliphatic carbocycles. The Balaban J connectivity index is 2.81. The minimum atomic E-state index is 0.227. The van der Waals surface area contributed by atoms with Crippen molar-refractivity contribution in [1.82, 2.24) is 4.37 Å². The Hall–Kier alpha value is -0.990. The van der Waals surface area contributed by atoms with Gasteiger partial charge in [-0.05, 0) is 3.93 Å². The Morgan fingerprint density at radius 2 is 2.43 bits per heavy atom. The average molecular weight is 320 g/mol. The summed E-state index contributed by atoms with van der Waals surface area (Å²) in [5.41, 5.74) is 0.327. The molecule has 0 aliphatic rings. The molecule has 0 N–H and O–H groups in total. The molecule has 1 aromatic rings. The van der Waals surface area contributed by atoms with Crippen LogP contribution in [-0.4, -0.2) is 18.1 Å². The third-order valence-corrected chi connectivity index (χ3v) is 2.45. The van der Waals surface area contributed by atoms with Gasteiger partial charge in [-0.25, -0.2) is 0 Å². The Kier molecular flexibility index (Phi) is 4.50. The molecule has 0 bridgehead atoms. The molecule has 0 amide bonds. The summed E-state index contributed by atoms with van der Waals surface area (Å²) in [7, 11) is 1.49. The lowest BCUT2D eigenvalue weighted by atomic mass is 10.4. The van der Waals surface area contributed by atoms with Gasteiger partial charge in [0.1, 0.15) is 6.07 Å². The molecule has 72 valence electrons. The summed E-state index contributed by atoms with van der Waals surface area (Å²) in [6.07, 6.45) is 0. The van der Waals surface area contributed by atoms with Crippen LogP contribution in [-0.2, 0) is 0 Å². The smallest absolute Gasteiger partial charge is 0.248 e. The van der Waals surface area contributed by atoms with Gasteiger partial charge in [-0.1, -0.05) is 5.92 Å². The number of nitriles is 1. The van der Waals surface area contributed by atoms with E-state index < -0.39 is 0 Å². The van der Waals surface area contributed by atoms with E-state index in [0.717, 1.165) is 11.5 Å². The number of nitrogens with zero attached hydrogens (tertiary/aromatic N) is 2. The van der Waals surface area contributed by atoms with E-state index in [1.807, 2.05) is 28.7 Å². The first-order chi connectivity index (χ1) is 6.83. The van der Waals surface area contributed by atoms with Crippen LogP contribution < -0.4 is 9.47 Å². The maximum Gasteiger partial charge on any atom is 0.248 e. The zero-order chi connectivity index (χ0) is 10.4. The minimum Gasteiger partial charge on any atom is -0.485 e. The fourth-order valence-corrected chi connectivity index (χ4v) is 1.49. The Bertz CT molecular complexity index is 413. The molecule has 0 atom stereocenters. The second-order valence-corrected chi connectivity index (χ2v) is 3.30. The van der Waals surface area contributed by atoms with Crippen LogP contribution >= 0.6 is 34.1 Å². The number of rotatable bonds is 3. The quantitative estimate of drug-likeness (QED) is 0.629. The second-order valence-electron chi connectivity index (χ2n) is 2.03. The maximum absolute atomic E-state index is 8.79. The predicted molar refractivity (Wildman–Crippen MR) is 60.7 cm³/mol. The molecule has 1 aromatic heterocycles. The van der Waals surface area contributed by atoms with Crippen LogP contribution in [0.5, 0.6) is 10.9 Å². The van der Waals surface area contributed by atoms with E-state index in [4.69, 9.17) is 14.7 Å². The molecule has 0 spiro atoms. The van der Waals surface area contributed by atoms with Gasteiger partial charge in [0.15, 0.2) is 12.2 Å². The predicted octanol–water partition coefficient (Wildman–Crippen LogP) is 1.80. The number of methoxy groups -OCH3 is 1. The Morgan fingerprint density at radius 1 is 1.64 bits per heavy atom. The molecular weight excluding hydrogens is 315 g/mol. The van der Waals surface area contributed by atoms with E-state index in [2.05, 4.69) is 14.2 Å². The van der Waals surface area contributed by atoms with E-state index in [1.54, 1.807) is 0 Å². The molecule has 0 fully saturated rings. The van der Waals surface area contributed by atoms with Crippen molar-refractivity contribution in [1.29, 1.82) is 5.26 Å². The van der Waals surface area contributed by atoms with Crippen molar-refractivity contribution in [3.63, 3.8) is 0 Å². The highest BCUT2D eigenvalue weighted by Crippen LogP contribution is 2.31. The molecule has 0 unspecified atom stereocenters. The molecule has 0 aromatic carbocycles. The van der Waals surface area contributed by atoms with Gasteiger partial charge in [-0.3, -0.25) is 0 Å². The van der Waals surface area contributed by atoms with Crippen molar-refractivity contribution in [2.45, 2.75) is 0 Å². The lowest BCUT2D eigenvalue weighted by Crippen LogP contribution is -1.95. The molecular formula is C8H5IN2O2S. The number of hydrogen-bond acceptors (Lipinski definition) is 5. The van der Waals surface area contributed by atoms with Gasteiger partial charge in [0.25, 0.3) is 0 Å². The highest BCUT2D eigenvalue weighted by Gasteiger charge is 2.14. The summed E-state index contributed by atoms with van der Waals surface area (Å²) in [5.74, 6) is 2.99. The topological polar surface area (TPSA) is 55.1 Å². The van der Waals surface area contributed by atoms with E-state index in [9.17, 15) is 0 Å². The minimum absolute atomic E-state index is 0.227. The number of aromatic nitrogens is 1. The number of ether oxygens (including phenoxy) is 2.